The lowest BCUT2D eigenvalue weighted by Gasteiger charge is -2.53. The van der Waals surface area contributed by atoms with Crippen LogP contribution < -0.4 is 25.0 Å². The van der Waals surface area contributed by atoms with Crippen molar-refractivity contribution in [3.05, 3.63) is 59.2 Å². The average molecular weight is 745 g/mol. The van der Waals surface area contributed by atoms with Crippen LogP contribution in [0.5, 0.6) is 11.5 Å². The van der Waals surface area contributed by atoms with Crippen molar-refractivity contribution in [3.8, 4) is 33.8 Å². The number of hydrogen-bond acceptors (Lipinski definition) is 12. The molecule has 0 atom stereocenters. The molecule has 2 spiro atoms. The molecule has 4 saturated heterocycles. The van der Waals surface area contributed by atoms with E-state index in [1.807, 2.05) is 49.5 Å². The van der Waals surface area contributed by atoms with E-state index in [4.69, 9.17) is 20.3 Å². The van der Waals surface area contributed by atoms with Crippen LogP contribution in [-0.2, 0) is 14.1 Å². The SMILES string of the molecule is CO.COc1cc(N2CCC3(CC2)CN(C)C3)c(-c2cnn(C)c2)cc1N.COc1cc(N2CCC3(CC2)CN(C)C3)c(-c2cnn(C)c2)cc1[N+](=O)[O-]. The molecule has 4 aromatic rings. The lowest BCUT2D eigenvalue weighted by molar-refractivity contribution is -0.385. The zero-order valence-electron chi connectivity index (χ0n) is 32.8. The van der Waals surface area contributed by atoms with Crippen LogP contribution in [0.2, 0.25) is 0 Å². The van der Waals surface area contributed by atoms with Crippen LogP contribution >= 0.6 is 0 Å². The first kappa shape index (κ1) is 38.9. The number of nitro benzene ring substituents is 1. The third-order valence-electron chi connectivity index (χ3n) is 11.6. The minimum absolute atomic E-state index is 0.0193. The van der Waals surface area contributed by atoms with Crippen LogP contribution in [-0.4, -0.2) is 127 Å². The fourth-order valence-electron chi connectivity index (χ4n) is 9.01. The number of likely N-dealkylation sites (tertiary alicyclic amines) is 2. The zero-order valence-corrected chi connectivity index (χ0v) is 32.8. The summed E-state index contributed by atoms with van der Waals surface area (Å²) in [4.78, 5) is 20.7. The quantitative estimate of drug-likeness (QED) is 0.157. The second-order valence-corrected chi connectivity index (χ2v) is 15.5. The van der Waals surface area contributed by atoms with E-state index < -0.39 is 4.92 Å². The summed E-state index contributed by atoms with van der Waals surface area (Å²) < 4.78 is 14.3. The molecule has 15 heteroatoms. The van der Waals surface area contributed by atoms with Crippen LogP contribution in [0.4, 0.5) is 22.7 Å². The summed E-state index contributed by atoms with van der Waals surface area (Å²) in [7, 11) is 12.3. The highest BCUT2D eigenvalue weighted by Gasteiger charge is 2.44. The Morgan fingerprint density at radius 2 is 1.11 bits per heavy atom. The van der Waals surface area contributed by atoms with E-state index in [1.54, 1.807) is 24.1 Å². The van der Waals surface area contributed by atoms with Gasteiger partial charge in [-0.25, -0.2) is 0 Å². The van der Waals surface area contributed by atoms with Crippen LogP contribution in [0.3, 0.4) is 0 Å². The number of aromatic nitrogens is 4. The lowest BCUT2D eigenvalue weighted by atomic mass is 9.72. The number of nitrogen functional groups attached to an aromatic ring is 1. The van der Waals surface area contributed by atoms with Gasteiger partial charge in [0.1, 0.15) is 5.75 Å². The monoisotopic (exact) mass is 744 g/mol. The van der Waals surface area contributed by atoms with Gasteiger partial charge < -0.3 is 39.9 Å². The van der Waals surface area contributed by atoms with Crippen molar-refractivity contribution in [2.24, 2.45) is 24.9 Å². The molecule has 292 valence electrons. The highest BCUT2D eigenvalue weighted by Crippen LogP contribution is 2.46. The van der Waals surface area contributed by atoms with Crippen LogP contribution in [0, 0.1) is 20.9 Å². The second kappa shape index (κ2) is 15.9. The number of ether oxygens (including phenoxy) is 2. The van der Waals surface area contributed by atoms with Crippen molar-refractivity contribution in [3.63, 3.8) is 0 Å². The topological polar surface area (TPSA) is 156 Å². The van der Waals surface area contributed by atoms with Gasteiger partial charge >= 0.3 is 5.69 Å². The van der Waals surface area contributed by atoms with Crippen LogP contribution in [0.15, 0.2) is 49.1 Å². The summed E-state index contributed by atoms with van der Waals surface area (Å²) in [6.07, 6.45) is 12.4. The number of methoxy groups -OCH3 is 2. The van der Waals surface area contributed by atoms with Gasteiger partial charge in [-0.2, -0.15) is 10.2 Å². The third kappa shape index (κ3) is 7.84. The molecule has 54 heavy (non-hydrogen) atoms. The predicted molar refractivity (Wildman–Crippen MR) is 212 cm³/mol. The summed E-state index contributed by atoms with van der Waals surface area (Å²) in [5, 5.41) is 27.1. The molecule has 8 rings (SSSR count). The fraction of sp³-hybridized carbons (Fsp3) is 0.538. The van der Waals surface area contributed by atoms with Gasteiger partial charge in [0.15, 0.2) is 5.75 Å². The number of nitrogens with zero attached hydrogens (tertiary/aromatic N) is 9. The van der Waals surface area contributed by atoms with Gasteiger partial charge in [0.05, 0.1) is 37.2 Å². The molecule has 3 N–H and O–H groups in total. The van der Waals surface area contributed by atoms with Gasteiger partial charge in [-0.05, 0) is 56.7 Å². The Hall–Kier alpha value is -4.86. The highest BCUT2D eigenvalue weighted by molar-refractivity contribution is 5.84. The number of aryl methyl sites for hydroxylation is 2. The van der Waals surface area contributed by atoms with Gasteiger partial charge in [0.2, 0.25) is 0 Å². The minimum Gasteiger partial charge on any atom is -0.495 e. The van der Waals surface area contributed by atoms with E-state index in [2.05, 4.69) is 50.0 Å². The number of nitro groups is 1. The Labute approximate surface area is 318 Å². The Bertz CT molecular complexity index is 1910. The largest absolute Gasteiger partial charge is 0.495 e. The molecule has 0 radical (unpaired) electrons. The Kier molecular flexibility index (Phi) is 11.4. The van der Waals surface area contributed by atoms with Gasteiger partial charge in [-0.15, -0.1) is 0 Å². The molecule has 0 amide bonds. The molecule has 4 fully saturated rings. The Morgan fingerprint density at radius 3 is 1.46 bits per heavy atom. The second-order valence-electron chi connectivity index (χ2n) is 15.5. The fourth-order valence-corrected chi connectivity index (χ4v) is 9.01. The molecule has 15 nitrogen and oxygen atoms in total. The number of hydrogen-bond donors (Lipinski definition) is 2. The molecule has 4 aliphatic rings. The first-order valence-corrected chi connectivity index (χ1v) is 18.5. The minimum atomic E-state index is -0.391. The van der Waals surface area contributed by atoms with E-state index in [-0.39, 0.29) is 5.69 Å². The lowest BCUT2D eigenvalue weighted by Crippen LogP contribution is -2.58. The molecular formula is C39H56N10O5. The first-order valence-electron chi connectivity index (χ1n) is 18.5. The molecule has 0 bridgehead atoms. The highest BCUT2D eigenvalue weighted by atomic mass is 16.6. The number of aliphatic hydroxyl groups is 1. The standard InChI is InChI=1S/C19H25N5O3.C19H27N5O.CH4O/c1-21-12-19(13-21)4-6-23(7-5-19)16-9-18(27-3)17(24(25)26)8-15(16)14-10-20-22(2)11-14;1-22-12-19(13-22)4-6-24(7-5-19)17-9-18(25-3)16(20)8-15(17)14-10-21-23(2)11-14;1-2/h8-11H,4-7,12-13H2,1-3H3;8-11H,4-7,12-13,20H2,1-3H3;2H,1H3. The van der Waals surface area contributed by atoms with E-state index in [0.29, 0.717) is 22.3 Å². The molecule has 0 saturated carbocycles. The molecular weight excluding hydrogens is 688 g/mol. The van der Waals surface area contributed by atoms with Crippen LogP contribution in [0.1, 0.15) is 25.7 Å². The summed E-state index contributed by atoms with van der Waals surface area (Å²) in [5.41, 5.74) is 13.9. The summed E-state index contributed by atoms with van der Waals surface area (Å²) in [5.74, 6) is 1.04. The van der Waals surface area contributed by atoms with Crippen molar-refractivity contribution < 1.29 is 19.5 Å². The average Bonchev–Trinajstić information content (AvgIpc) is 3.79. The molecule has 4 aliphatic heterocycles. The summed E-state index contributed by atoms with van der Waals surface area (Å²) >= 11 is 0. The Balaban J connectivity index is 0.000000177. The van der Waals surface area contributed by atoms with Crippen molar-refractivity contribution in [2.45, 2.75) is 25.7 Å². The van der Waals surface area contributed by atoms with Crippen molar-refractivity contribution in [1.82, 2.24) is 29.4 Å². The van der Waals surface area contributed by atoms with Gasteiger partial charge in [0, 0.05) is 138 Å². The molecule has 2 aromatic heterocycles. The number of benzene rings is 2. The Morgan fingerprint density at radius 1 is 0.704 bits per heavy atom. The number of rotatable bonds is 7. The van der Waals surface area contributed by atoms with Gasteiger partial charge in [-0.3, -0.25) is 19.5 Å². The first-order chi connectivity index (χ1) is 25.9. The smallest absolute Gasteiger partial charge is 0.311 e. The number of aliphatic hydroxyl groups excluding tert-OH is 1. The van der Waals surface area contributed by atoms with Crippen molar-refractivity contribution in [2.75, 3.05) is 103 Å². The normalized spacial score (nSPS) is 18.9. The van der Waals surface area contributed by atoms with E-state index >= 15 is 0 Å². The van der Waals surface area contributed by atoms with Crippen molar-refractivity contribution in [1.29, 1.82) is 0 Å². The van der Waals surface area contributed by atoms with Gasteiger partial charge in [-0.1, -0.05) is 0 Å². The maximum atomic E-state index is 11.5. The van der Waals surface area contributed by atoms with Gasteiger partial charge in [0.25, 0.3) is 0 Å². The number of piperidine rings is 2. The molecule has 0 unspecified atom stereocenters. The van der Waals surface area contributed by atoms with E-state index in [0.717, 1.165) is 79.8 Å². The summed E-state index contributed by atoms with van der Waals surface area (Å²) in [6.45, 7) is 8.86. The van der Waals surface area contributed by atoms with E-state index in [9.17, 15) is 10.1 Å². The van der Waals surface area contributed by atoms with Crippen LogP contribution in [0.25, 0.3) is 22.3 Å². The number of anilines is 3. The number of nitrogens with two attached hydrogens (primary N) is 1. The van der Waals surface area contributed by atoms with E-state index in [1.165, 1.54) is 51.8 Å². The summed E-state index contributed by atoms with van der Waals surface area (Å²) in [6, 6.07) is 7.53. The van der Waals surface area contributed by atoms with Crippen molar-refractivity contribution >= 4 is 22.7 Å². The predicted octanol–water partition coefficient (Wildman–Crippen LogP) is 4.35. The maximum absolute atomic E-state index is 11.5. The molecule has 2 aromatic carbocycles. The molecule has 6 heterocycles. The zero-order chi connectivity index (χ0) is 38.8. The maximum Gasteiger partial charge on any atom is 0.311 e. The molecule has 0 aliphatic carbocycles. The third-order valence-corrected chi connectivity index (χ3v) is 11.6.